The third kappa shape index (κ3) is 3.97. The van der Waals surface area contributed by atoms with Gasteiger partial charge in [-0.05, 0) is 31.5 Å². The molecule has 1 aliphatic rings. The number of nitro groups is 1. The predicted octanol–water partition coefficient (Wildman–Crippen LogP) is 0.941. The van der Waals surface area contributed by atoms with Crippen molar-refractivity contribution in [2.24, 2.45) is 0 Å². The van der Waals surface area contributed by atoms with Gasteiger partial charge in [-0.15, -0.1) is 0 Å². The van der Waals surface area contributed by atoms with E-state index in [0.717, 1.165) is 4.90 Å². The van der Waals surface area contributed by atoms with Gasteiger partial charge in [-0.25, -0.2) is 9.59 Å². The summed E-state index contributed by atoms with van der Waals surface area (Å²) in [5.41, 5.74) is -1.01. The van der Waals surface area contributed by atoms with Crippen LogP contribution in [0.15, 0.2) is 24.3 Å². The third-order valence-electron chi connectivity index (χ3n) is 3.91. The Bertz CT molecular complexity index is 719. The molecule has 0 saturated carbocycles. The summed E-state index contributed by atoms with van der Waals surface area (Å²) in [6.45, 7) is 3.11. The van der Waals surface area contributed by atoms with Gasteiger partial charge in [0.25, 0.3) is 11.6 Å². The van der Waals surface area contributed by atoms with Crippen LogP contribution >= 0.6 is 0 Å². The molecule has 0 bridgehead atoms. The molecule has 1 heterocycles. The minimum absolute atomic E-state index is 0.0195. The van der Waals surface area contributed by atoms with Gasteiger partial charge < -0.3 is 14.8 Å². The minimum atomic E-state index is -1.33. The van der Waals surface area contributed by atoms with Crippen LogP contribution in [0.25, 0.3) is 0 Å². The quantitative estimate of drug-likeness (QED) is 0.239. The van der Waals surface area contributed by atoms with Crippen LogP contribution in [0.1, 0.15) is 19.4 Å². The first-order valence-corrected chi connectivity index (χ1v) is 7.92. The number of non-ortho nitro benzene ring substituents is 1. The van der Waals surface area contributed by atoms with E-state index in [2.05, 4.69) is 5.32 Å². The van der Waals surface area contributed by atoms with Crippen LogP contribution in [-0.2, 0) is 24.6 Å². The molecule has 0 aromatic heterocycles. The first kappa shape index (κ1) is 19.3. The SMILES string of the molecule is CCOC(=O)COCCN1C(=O)NC(C)(c2ccc([N+](=O)[O-])cc2)C1=O. The number of carbonyl (C=O) groups excluding carboxylic acids is 3. The van der Waals surface area contributed by atoms with E-state index in [-0.39, 0.29) is 32.1 Å². The number of urea groups is 1. The molecule has 1 N–H and O–H groups in total. The Balaban J connectivity index is 2.00. The fourth-order valence-electron chi connectivity index (χ4n) is 2.53. The van der Waals surface area contributed by atoms with Crippen molar-refractivity contribution < 1.29 is 28.8 Å². The zero-order valence-electron chi connectivity index (χ0n) is 14.4. The normalized spacial score (nSPS) is 19.4. The number of amides is 3. The summed E-state index contributed by atoms with van der Waals surface area (Å²) < 4.78 is 9.80. The molecule has 140 valence electrons. The number of hydrogen-bond acceptors (Lipinski definition) is 7. The molecule has 1 unspecified atom stereocenters. The molecule has 10 nitrogen and oxygen atoms in total. The molecule has 0 radical (unpaired) electrons. The Kier molecular flexibility index (Phi) is 5.88. The van der Waals surface area contributed by atoms with Crippen LogP contribution in [0.2, 0.25) is 0 Å². The van der Waals surface area contributed by atoms with Crippen LogP contribution < -0.4 is 5.32 Å². The molecule has 1 atom stereocenters. The molecule has 0 aliphatic carbocycles. The molecular weight excluding hydrogens is 346 g/mol. The van der Waals surface area contributed by atoms with Crippen LogP contribution in [0, 0.1) is 10.1 Å². The fourth-order valence-corrected chi connectivity index (χ4v) is 2.53. The number of esters is 1. The summed E-state index contributed by atoms with van der Waals surface area (Å²) in [4.78, 5) is 47.1. The van der Waals surface area contributed by atoms with Crippen LogP contribution in [0.4, 0.5) is 10.5 Å². The molecule has 1 aliphatic heterocycles. The van der Waals surface area contributed by atoms with E-state index < -0.39 is 28.4 Å². The number of nitrogens with one attached hydrogen (secondary N) is 1. The second-order valence-corrected chi connectivity index (χ2v) is 5.67. The summed E-state index contributed by atoms with van der Waals surface area (Å²) in [5.74, 6) is -1.03. The Morgan fingerprint density at radius 1 is 1.31 bits per heavy atom. The number of imide groups is 1. The lowest BCUT2D eigenvalue weighted by Gasteiger charge is -2.22. The van der Waals surface area contributed by atoms with Gasteiger partial charge in [0.2, 0.25) is 0 Å². The predicted molar refractivity (Wildman–Crippen MR) is 88.1 cm³/mol. The Morgan fingerprint density at radius 3 is 2.54 bits per heavy atom. The summed E-state index contributed by atoms with van der Waals surface area (Å²) in [6, 6.07) is 4.79. The summed E-state index contributed by atoms with van der Waals surface area (Å²) in [7, 11) is 0. The minimum Gasteiger partial charge on any atom is -0.464 e. The van der Waals surface area contributed by atoms with E-state index >= 15 is 0 Å². The number of nitrogens with zero attached hydrogens (tertiary/aromatic N) is 2. The first-order chi connectivity index (χ1) is 12.3. The molecule has 1 aromatic carbocycles. The summed E-state index contributed by atoms with van der Waals surface area (Å²) in [5, 5.41) is 13.3. The van der Waals surface area contributed by atoms with E-state index in [0.29, 0.717) is 5.56 Å². The highest BCUT2D eigenvalue weighted by atomic mass is 16.6. The van der Waals surface area contributed by atoms with Crippen LogP contribution in [0.3, 0.4) is 0 Å². The maximum atomic E-state index is 12.6. The van der Waals surface area contributed by atoms with Crippen molar-refractivity contribution >= 4 is 23.6 Å². The van der Waals surface area contributed by atoms with Crippen molar-refractivity contribution in [3.8, 4) is 0 Å². The van der Waals surface area contributed by atoms with E-state index in [1.807, 2.05) is 0 Å². The largest absolute Gasteiger partial charge is 0.464 e. The second kappa shape index (κ2) is 7.91. The number of hydrogen-bond donors (Lipinski definition) is 1. The topological polar surface area (TPSA) is 128 Å². The molecule has 0 spiro atoms. The number of ether oxygens (including phenoxy) is 2. The highest BCUT2D eigenvalue weighted by Gasteiger charge is 2.48. The molecule has 2 rings (SSSR count). The fraction of sp³-hybridized carbons (Fsp3) is 0.438. The van der Waals surface area contributed by atoms with Crippen LogP contribution in [0.5, 0.6) is 0 Å². The van der Waals surface area contributed by atoms with E-state index in [1.165, 1.54) is 31.2 Å². The zero-order valence-corrected chi connectivity index (χ0v) is 14.4. The second-order valence-electron chi connectivity index (χ2n) is 5.67. The van der Waals surface area contributed by atoms with Crippen molar-refractivity contribution in [2.45, 2.75) is 19.4 Å². The summed E-state index contributed by atoms with van der Waals surface area (Å²) >= 11 is 0. The maximum Gasteiger partial charge on any atom is 0.332 e. The smallest absolute Gasteiger partial charge is 0.332 e. The first-order valence-electron chi connectivity index (χ1n) is 7.92. The van der Waals surface area contributed by atoms with Gasteiger partial charge in [0.15, 0.2) is 0 Å². The van der Waals surface area contributed by atoms with Gasteiger partial charge in [-0.1, -0.05) is 0 Å². The van der Waals surface area contributed by atoms with Crippen molar-refractivity contribution in [3.05, 3.63) is 39.9 Å². The van der Waals surface area contributed by atoms with E-state index in [9.17, 15) is 24.5 Å². The maximum absolute atomic E-state index is 12.6. The molecule has 3 amide bonds. The Hall–Kier alpha value is -3.01. The number of rotatable bonds is 8. The molecule has 1 saturated heterocycles. The molecular formula is C16H19N3O7. The van der Waals surface area contributed by atoms with Crippen molar-refractivity contribution in [3.63, 3.8) is 0 Å². The monoisotopic (exact) mass is 365 g/mol. The summed E-state index contributed by atoms with van der Waals surface area (Å²) in [6.07, 6.45) is 0. The Morgan fingerprint density at radius 2 is 1.96 bits per heavy atom. The lowest BCUT2D eigenvalue weighted by atomic mass is 9.92. The van der Waals surface area contributed by atoms with E-state index in [1.54, 1.807) is 6.92 Å². The highest BCUT2D eigenvalue weighted by Crippen LogP contribution is 2.29. The van der Waals surface area contributed by atoms with E-state index in [4.69, 9.17) is 9.47 Å². The number of carbonyl (C=O) groups is 3. The molecule has 1 aromatic rings. The highest BCUT2D eigenvalue weighted by molar-refractivity contribution is 6.07. The van der Waals surface area contributed by atoms with Gasteiger partial charge in [-0.2, -0.15) is 0 Å². The van der Waals surface area contributed by atoms with Gasteiger partial charge in [0.05, 0.1) is 24.7 Å². The zero-order chi connectivity index (χ0) is 19.3. The molecule has 1 fully saturated rings. The lowest BCUT2D eigenvalue weighted by Crippen LogP contribution is -2.41. The standard InChI is InChI=1S/C16H19N3O7/c1-3-26-13(20)10-25-9-8-18-14(21)16(2,17-15(18)22)11-4-6-12(7-5-11)19(23)24/h4-7H,3,8-10H2,1-2H3,(H,17,22). The molecule has 26 heavy (non-hydrogen) atoms. The number of nitro benzene ring substituents is 1. The Labute approximate surface area is 149 Å². The van der Waals surface area contributed by atoms with Gasteiger partial charge >= 0.3 is 12.0 Å². The van der Waals surface area contributed by atoms with Gasteiger partial charge in [0.1, 0.15) is 12.1 Å². The third-order valence-corrected chi connectivity index (χ3v) is 3.91. The van der Waals surface area contributed by atoms with Gasteiger partial charge in [0, 0.05) is 12.1 Å². The molecule has 10 heteroatoms. The number of benzene rings is 1. The average molecular weight is 365 g/mol. The van der Waals surface area contributed by atoms with Crippen molar-refractivity contribution in [2.75, 3.05) is 26.4 Å². The average Bonchev–Trinajstić information content (AvgIpc) is 2.82. The lowest BCUT2D eigenvalue weighted by molar-refractivity contribution is -0.384. The van der Waals surface area contributed by atoms with Gasteiger partial charge in [-0.3, -0.25) is 19.8 Å². The van der Waals surface area contributed by atoms with Crippen LogP contribution in [-0.4, -0.2) is 54.1 Å². The van der Waals surface area contributed by atoms with Crippen molar-refractivity contribution in [1.82, 2.24) is 10.2 Å². The van der Waals surface area contributed by atoms with Crippen molar-refractivity contribution in [1.29, 1.82) is 0 Å².